The van der Waals surface area contributed by atoms with Gasteiger partial charge in [0.1, 0.15) is 0 Å². The maximum absolute atomic E-state index is 11.6. The van der Waals surface area contributed by atoms with Gasteiger partial charge in [0.25, 0.3) is 0 Å². The lowest BCUT2D eigenvalue weighted by Crippen LogP contribution is -2.29. The number of carbonyl (C=O) groups excluding carboxylic acids is 1. The number of carbonyl (C=O) groups is 1. The van der Waals surface area contributed by atoms with Gasteiger partial charge in [0.2, 0.25) is 0 Å². The van der Waals surface area contributed by atoms with Crippen molar-refractivity contribution in [3.8, 4) is 0 Å². The van der Waals surface area contributed by atoms with Crippen LogP contribution in [0.4, 0.5) is 10.5 Å². The van der Waals surface area contributed by atoms with Crippen LogP contribution in [0.2, 0.25) is 0 Å². The standard InChI is InChI=1S/C14H20N2O/c1-5-10-15-13(17)16-12-9-7-6-8-11(12)14(2,3)4/h5-9H,1,10H2,2-4H3,(H2,15,16,17). The molecule has 0 aliphatic carbocycles. The van der Waals surface area contributed by atoms with Gasteiger partial charge in [-0.1, -0.05) is 45.0 Å². The first kappa shape index (κ1) is 13.3. The number of para-hydroxylation sites is 1. The van der Waals surface area contributed by atoms with Crippen LogP contribution in [-0.4, -0.2) is 12.6 Å². The van der Waals surface area contributed by atoms with Gasteiger partial charge < -0.3 is 10.6 Å². The van der Waals surface area contributed by atoms with E-state index in [-0.39, 0.29) is 11.4 Å². The van der Waals surface area contributed by atoms with Crippen molar-refractivity contribution >= 4 is 11.7 Å². The van der Waals surface area contributed by atoms with Crippen LogP contribution in [0.25, 0.3) is 0 Å². The molecule has 0 spiro atoms. The molecule has 0 saturated heterocycles. The molecule has 2 amide bonds. The third-order valence-electron chi connectivity index (χ3n) is 2.39. The average molecular weight is 232 g/mol. The minimum Gasteiger partial charge on any atom is -0.334 e. The van der Waals surface area contributed by atoms with Crippen molar-refractivity contribution in [1.82, 2.24) is 5.32 Å². The highest BCUT2D eigenvalue weighted by Gasteiger charge is 2.18. The van der Waals surface area contributed by atoms with Crippen molar-refractivity contribution in [2.75, 3.05) is 11.9 Å². The van der Waals surface area contributed by atoms with E-state index < -0.39 is 0 Å². The number of urea groups is 1. The van der Waals surface area contributed by atoms with Crippen LogP contribution in [0.3, 0.4) is 0 Å². The molecule has 1 aromatic rings. The molecule has 1 aromatic carbocycles. The Morgan fingerprint density at radius 1 is 1.35 bits per heavy atom. The number of amides is 2. The maximum atomic E-state index is 11.6. The molecule has 0 atom stereocenters. The van der Waals surface area contributed by atoms with Crippen LogP contribution in [0, 0.1) is 0 Å². The molecule has 3 heteroatoms. The number of hydrogen-bond donors (Lipinski definition) is 2. The minimum atomic E-state index is -0.207. The van der Waals surface area contributed by atoms with E-state index in [1.54, 1.807) is 6.08 Å². The van der Waals surface area contributed by atoms with Crippen LogP contribution in [0.15, 0.2) is 36.9 Å². The van der Waals surface area contributed by atoms with Crippen molar-refractivity contribution in [3.05, 3.63) is 42.5 Å². The monoisotopic (exact) mass is 232 g/mol. The number of anilines is 1. The predicted molar refractivity (Wildman–Crippen MR) is 72.4 cm³/mol. The average Bonchev–Trinajstić information content (AvgIpc) is 2.25. The molecular formula is C14H20N2O. The highest BCUT2D eigenvalue weighted by atomic mass is 16.2. The summed E-state index contributed by atoms with van der Waals surface area (Å²) in [7, 11) is 0. The number of hydrogen-bond acceptors (Lipinski definition) is 1. The zero-order valence-electron chi connectivity index (χ0n) is 10.7. The van der Waals surface area contributed by atoms with Crippen molar-refractivity contribution in [1.29, 1.82) is 0 Å². The number of rotatable bonds is 3. The fourth-order valence-electron chi connectivity index (χ4n) is 1.58. The fourth-order valence-corrected chi connectivity index (χ4v) is 1.58. The Bertz CT molecular complexity index is 405. The first-order chi connectivity index (χ1) is 7.95. The van der Waals surface area contributed by atoms with Crippen molar-refractivity contribution in [3.63, 3.8) is 0 Å². The van der Waals surface area contributed by atoms with E-state index in [0.29, 0.717) is 6.54 Å². The van der Waals surface area contributed by atoms with E-state index in [0.717, 1.165) is 11.3 Å². The SMILES string of the molecule is C=CCNC(=O)Nc1ccccc1C(C)(C)C. The Morgan fingerprint density at radius 2 is 2.00 bits per heavy atom. The maximum Gasteiger partial charge on any atom is 0.319 e. The lowest BCUT2D eigenvalue weighted by molar-refractivity contribution is 0.253. The van der Waals surface area contributed by atoms with E-state index in [4.69, 9.17) is 0 Å². The first-order valence-electron chi connectivity index (χ1n) is 5.70. The zero-order valence-corrected chi connectivity index (χ0v) is 10.7. The fraction of sp³-hybridized carbons (Fsp3) is 0.357. The van der Waals surface area contributed by atoms with Crippen LogP contribution in [-0.2, 0) is 5.41 Å². The molecule has 3 nitrogen and oxygen atoms in total. The van der Waals surface area contributed by atoms with Gasteiger partial charge in [-0.05, 0) is 17.0 Å². The summed E-state index contributed by atoms with van der Waals surface area (Å²) in [6.07, 6.45) is 1.65. The predicted octanol–water partition coefficient (Wildman–Crippen LogP) is 3.29. The normalized spacial score (nSPS) is 10.8. The molecule has 17 heavy (non-hydrogen) atoms. The molecular weight excluding hydrogens is 212 g/mol. The van der Waals surface area contributed by atoms with Gasteiger partial charge in [-0.15, -0.1) is 6.58 Å². The van der Waals surface area contributed by atoms with Crippen molar-refractivity contribution in [2.24, 2.45) is 0 Å². The molecule has 0 bridgehead atoms. The minimum absolute atomic E-state index is 0.00229. The first-order valence-corrected chi connectivity index (χ1v) is 5.70. The van der Waals surface area contributed by atoms with Crippen LogP contribution in [0.1, 0.15) is 26.3 Å². The van der Waals surface area contributed by atoms with Gasteiger partial charge in [0, 0.05) is 12.2 Å². The summed E-state index contributed by atoms with van der Waals surface area (Å²) in [5.74, 6) is 0. The quantitative estimate of drug-likeness (QED) is 0.771. The van der Waals surface area contributed by atoms with E-state index in [2.05, 4.69) is 38.0 Å². The Kier molecular flexibility index (Phi) is 4.32. The van der Waals surface area contributed by atoms with Crippen LogP contribution in [0.5, 0.6) is 0 Å². The second kappa shape index (κ2) is 5.53. The van der Waals surface area contributed by atoms with Crippen molar-refractivity contribution < 1.29 is 4.79 Å². The zero-order chi connectivity index (χ0) is 12.9. The summed E-state index contributed by atoms with van der Waals surface area (Å²) in [5, 5.41) is 5.55. The molecule has 0 fully saturated rings. The number of nitrogens with one attached hydrogen (secondary N) is 2. The van der Waals surface area contributed by atoms with Gasteiger partial charge in [0.05, 0.1) is 0 Å². The highest BCUT2D eigenvalue weighted by molar-refractivity contribution is 5.90. The van der Waals surface area contributed by atoms with E-state index in [1.165, 1.54) is 0 Å². The van der Waals surface area contributed by atoms with Gasteiger partial charge in [-0.3, -0.25) is 0 Å². The highest BCUT2D eigenvalue weighted by Crippen LogP contribution is 2.28. The third-order valence-corrected chi connectivity index (χ3v) is 2.39. The van der Waals surface area contributed by atoms with E-state index in [1.807, 2.05) is 24.3 Å². The lowest BCUT2D eigenvalue weighted by atomic mass is 9.86. The summed E-state index contributed by atoms with van der Waals surface area (Å²) >= 11 is 0. The molecule has 0 aliphatic rings. The smallest absolute Gasteiger partial charge is 0.319 e. The van der Waals surface area contributed by atoms with E-state index in [9.17, 15) is 4.79 Å². The third kappa shape index (κ3) is 3.94. The molecule has 0 aromatic heterocycles. The molecule has 0 radical (unpaired) electrons. The summed E-state index contributed by atoms with van der Waals surface area (Å²) < 4.78 is 0. The van der Waals surface area contributed by atoms with E-state index >= 15 is 0 Å². The largest absolute Gasteiger partial charge is 0.334 e. The molecule has 92 valence electrons. The van der Waals surface area contributed by atoms with Gasteiger partial charge in [0.15, 0.2) is 0 Å². The van der Waals surface area contributed by atoms with Crippen molar-refractivity contribution in [2.45, 2.75) is 26.2 Å². The topological polar surface area (TPSA) is 41.1 Å². The molecule has 0 saturated carbocycles. The lowest BCUT2D eigenvalue weighted by Gasteiger charge is -2.22. The molecule has 1 rings (SSSR count). The Balaban J connectivity index is 2.84. The molecule has 2 N–H and O–H groups in total. The Hall–Kier alpha value is -1.77. The summed E-state index contributed by atoms with van der Waals surface area (Å²) in [6.45, 7) is 10.4. The molecule has 0 unspecified atom stereocenters. The summed E-state index contributed by atoms with van der Waals surface area (Å²) in [5.41, 5.74) is 1.97. The Morgan fingerprint density at radius 3 is 2.59 bits per heavy atom. The van der Waals surface area contributed by atoms with Crippen LogP contribution >= 0.6 is 0 Å². The molecule has 0 aliphatic heterocycles. The summed E-state index contributed by atoms with van der Waals surface area (Å²) in [6, 6.07) is 7.63. The van der Waals surface area contributed by atoms with Crippen LogP contribution < -0.4 is 10.6 Å². The summed E-state index contributed by atoms with van der Waals surface area (Å²) in [4.78, 5) is 11.6. The second-order valence-electron chi connectivity index (χ2n) is 4.92. The van der Waals surface area contributed by atoms with Gasteiger partial charge in [-0.25, -0.2) is 4.79 Å². The van der Waals surface area contributed by atoms with Gasteiger partial charge >= 0.3 is 6.03 Å². The van der Waals surface area contributed by atoms with Gasteiger partial charge in [-0.2, -0.15) is 0 Å². The Labute approximate surface area is 103 Å². The molecule has 0 heterocycles. The second-order valence-corrected chi connectivity index (χ2v) is 4.92. The number of benzene rings is 1.